The van der Waals surface area contributed by atoms with E-state index < -0.39 is 16.0 Å². The van der Waals surface area contributed by atoms with Crippen LogP contribution in [0.1, 0.15) is 27.0 Å². The number of rotatable bonds is 6. The molecule has 0 saturated heterocycles. The Kier molecular flexibility index (Phi) is 5.79. The molecule has 0 spiro atoms. The van der Waals surface area contributed by atoms with Crippen molar-refractivity contribution in [3.63, 3.8) is 0 Å². The largest absolute Gasteiger partial charge is 0.478 e. The van der Waals surface area contributed by atoms with Crippen LogP contribution in [0.5, 0.6) is 0 Å². The maximum atomic E-state index is 12.4. The topological polar surface area (TPSA) is 83.5 Å². The van der Waals surface area contributed by atoms with Crippen molar-refractivity contribution in [1.82, 2.24) is 4.72 Å². The number of hydrogen-bond donors (Lipinski definition) is 2. The van der Waals surface area contributed by atoms with Crippen LogP contribution in [0, 0.1) is 13.8 Å². The van der Waals surface area contributed by atoms with Gasteiger partial charge in [-0.3, -0.25) is 0 Å². The molecule has 7 heteroatoms. The third kappa shape index (κ3) is 4.43. The van der Waals surface area contributed by atoms with Gasteiger partial charge in [-0.05, 0) is 61.2 Å². The van der Waals surface area contributed by atoms with E-state index in [1.807, 2.05) is 24.3 Å². The van der Waals surface area contributed by atoms with Crippen LogP contribution in [-0.4, -0.2) is 26.0 Å². The van der Waals surface area contributed by atoms with Gasteiger partial charge in [0.25, 0.3) is 0 Å². The van der Waals surface area contributed by atoms with Crippen molar-refractivity contribution < 1.29 is 18.3 Å². The molecule has 2 aromatic carbocycles. The molecule has 24 heavy (non-hydrogen) atoms. The second-order valence-corrected chi connectivity index (χ2v) is 8.17. The highest BCUT2D eigenvalue weighted by Gasteiger charge is 2.19. The Balaban J connectivity index is 2.15. The van der Waals surface area contributed by atoms with Gasteiger partial charge in [-0.2, -0.15) is 0 Å². The number of benzene rings is 2. The van der Waals surface area contributed by atoms with E-state index in [2.05, 4.69) is 20.7 Å². The van der Waals surface area contributed by atoms with Crippen LogP contribution >= 0.6 is 15.9 Å². The normalized spacial score (nSPS) is 11.5. The Morgan fingerprint density at radius 2 is 1.79 bits per heavy atom. The molecule has 0 aliphatic heterocycles. The quantitative estimate of drug-likeness (QED) is 0.763. The minimum Gasteiger partial charge on any atom is -0.478 e. The Labute approximate surface area is 149 Å². The number of aromatic carboxylic acids is 1. The lowest BCUT2D eigenvalue weighted by Gasteiger charge is -2.11. The van der Waals surface area contributed by atoms with Gasteiger partial charge < -0.3 is 5.11 Å². The predicted molar refractivity (Wildman–Crippen MR) is 95.9 cm³/mol. The van der Waals surface area contributed by atoms with Gasteiger partial charge in [0, 0.05) is 11.0 Å². The minimum atomic E-state index is -3.76. The van der Waals surface area contributed by atoms with E-state index in [1.165, 1.54) is 12.1 Å². The zero-order chi connectivity index (χ0) is 17.9. The second-order valence-electron chi connectivity index (χ2n) is 5.49. The summed E-state index contributed by atoms with van der Waals surface area (Å²) >= 11 is 3.35. The molecule has 0 heterocycles. The molecule has 0 aliphatic carbocycles. The Bertz CT molecular complexity index is 861. The fourth-order valence-corrected chi connectivity index (χ4v) is 3.67. The lowest BCUT2D eigenvalue weighted by molar-refractivity contribution is 0.0695. The molecule has 0 fully saturated rings. The molecule has 2 N–H and O–H groups in total. The average Bonchev–Trinajstić information content (AvgIpc) is 2.51. The molecular formula is C17H18BrNO4S. The van der Waals surface area contributed by atoms with E-state index in [0.717, 1.165) is 10.0 Å². The number of halogens is 1. The maximum absolute atomic E-state index is 12.4. The van der Waals surface area contributed by atoms with Gasteiger partial charge in [0.05, 0.1) is 10.5 Å². The molecule has 5 nitrogen and oxygen atoms in total. The number of sulfonamides is 1. The minimum absolute atomic E-state index is 0.00304. The Morgan fingerprint density at radius 3 is 2.38 bits per heavy atom. The van der Waals surface area contributed by atoms with Crippen LogP contribution in [0.25, 0.3) is 0 Å². The molecule has 0 aromatic heterocycles. The first kappa shape index (κ1) is 18.6. The van der Waals surface area contributed by atoms with Crippen LogP contribution in [0.4, 0.5) is 0 Å². The number of carboxylic acids is 1. The Hall–Kier alpha value is -1.70. The number of hydrogen-bond acceptors (Lipinski definition) is 3. The third-order valence-corrected chi connectivity index (χ3v) is 5.77. The number of carboxylic acid groups (broad SMARTS) is 1. The maximum Gasteiger partial charge on any atom is 0.336 e. The highest BCUT2D eigenvalue weighted by atomic mass is 79.9. The molecule has 0 atom stereocenters. The van der Waals surface area contributed by atoms with Crippen LogP contribution in [0.2, 0.25) is 0 Å². The van der Waals surface area contributed by atoms with E-state index in [0.29, 0.717) is 17.5 Å². The van der Waals surface area contributed by atoms with Crippen molar-refractivity contribution in [2.45, 2.75) is 25.2 Å². The zero-order valence-corrected chi connectivity index (χ0v) is 15.7. The van der Waals surface area contributed by atoms with E-state index in [4.69, 9.17) is 0 Å². The second kappa shape index (κ2) is 7.46. The van der Waals surface area contributed by atoms with Crippen LogP contribution in [-0.2, 0) is 16.4 Å². The lowest BCUT2D eigenvalue weighted by atomic mass is 10.0. The van der Waals surface area contributed by atoms with Gasteiger partial charge in [-0.15, -0.1) is 0 Å². The highest BCUT2D eigenvalue weighted by Crippen LogP contribution is 2.20. The molecule has 0 amide bonds. The van der Waals surface area contributed by atoms with Gasteiger partial charge in [-0.25, -0.2) is 17.9 Å². The van der Waals surface area contributed by atoms with E-state index in [-0.39, 0.29) is 17.0 Å². The predicted octanol–water partition coefficient (Wildman–Crippen LogP) is 3.29. The van der Waals surface area contributed by atoms with Crippen molar-refractivity contribution >= 4 is 31.9 Å². The molecule has 2 rings (SSSR count). The van der Waals surface area contributed by atoms with Crippen LogP contribution in [0.15, 0.2) is 45.8 Å². The van der Waals surface area contributed by atoms with Gasteiger partial charge in [0.1, 0.15) is 0 Å². The standard InChI is InChI=1S/C17H18BrNO4S/c1-11-9-15(10-16(12(11)2)17(20)21)24(22,23)19-8-7-13-3-5-14(18)6-4-13/h3-6,9-10,19H,7-8H2,1-2H3,(H,20,21). The average molecular weight is 412 g/mol. The summed E-state index contributed by atoms with van der Waals surface area (Å²) < 4.78 is 28.3. The molecule has 2 aromatic rings. The summed E-state index contributed by atoms with van der Waals surface area (Å²) in [7, 11) is -3.76. The van der Waals surface area contributed by atoms with Crippen molar-refractivity contribution in [2.75, 3.05) is 6.54 Å². The van der Waals surface area contributed by atoms with E-state index in [1.54, 1.807) is 13.8 Å². The smallest absolute Gasteiger partial charge is 0.336 e. The van der Waals surface area contributed by atoms with Gasteiger partial charge in [-0.1, -0.05) is 28.1 Å². The molecule has 0 unspecified atom stereocenters. The summed E-state index contributed by atoms with van der Waals surface area (Å²) in [5.74, 6) is -1.14. The van der Waals surface area contributed by atoms with Crippen molar-refractivity contribution in [2.24, 2.45) is 0 Å². The first-order valence-electron chi connectivity index (χ1n) is 7.29. The molecule has 128 valence electrons. The fraction of sp³-hybridized carbons (Fsp3) is 0.235. The van der Waals surface area contributed by atoms with Crippen LogP contribution in [0.3, 0.4) is 0 Å². The summed E-state index contributed by atoms with van der Waals surface area (Å²) in [6.07, 6.45) is 0.545. The summed E-state index contributed by atoms with van der Waals surface area (Å²) in [6, 6.07) is 10.3. The number of aryl methyl sites for hydroxylation is 1. The highest BCUT2D eigenvalue weighted by molar-refractivity contribution is 9.10. The third-order valence-electron chi connectivity index (χ3n) is 3.80. The first-order valence-corrected chi connectivity index (χ1v) is 9.57. The zero-order valence-electron chi connectivity index (χ0n) is 13.3. The molecule has 0 aliphatic rings. The van der Waals surface area contributed by atoms with Crippen LogP contribution < -0.4 is 4.72 Å². The number of nitrogens with one attached hydrogen (secondary N) is 1. The summed E-state index contributed by atoms with van der Waals surface area (Å²) in [5, 5.41) is 9.21. The summed E-state index contributed by atoms with van der Waals surface area (Å²) in [5.41, 5.74) is 2.20. The Morgan fingerprint density at radius 1 is 1.17 bits per heavy atom. The van der Waals surface area contributed by atoms with Crippen molar-refractivity contribution in [1.29, 1.82) is 0 Å². The van der Waals surface area contributed by atoms with Gasteiger partial charge >= 0.3 is 5.97 Å². The lowest BCUT2D eigenvalue weighted by Crippen LogP contribution is -2.26. The fourth-order valence-electron chi connectivity index (χ4n) is 2.27. The van der Waals surface area contributed by atoms with Crippen molar-refractivity contribution in [3.8, 4) is 0 Å². The molecule has 0 saturated carbocycles. The number of carbonyl (C=O) groups is 1. The molecule has 0 bridgehead atoms. The molecule has 0 radical (unpaired) electrons. The van der Waals surface area contributed by atoms with Crippen molar-refractivity contribution in [3.05, 3.63) is 63.1 Å². The van der Waals surface area contributed by atoms with Gasteiger partial charge in [0.15, 0.2) is 0 Å². The SMILES string of the molecule is Cc1cc(S(=O)(=O)NCCc2ccc(Br)cc2)cc(C(=O)O)c1C. The molecular weight excluding hydrogens is 394 g/mol. The first-order chi connectivity index (χ1) is 11.2. The van der Waals surface area contributed by atoms with E-state index in [9.17, 15) is 18.3 Å². The van der Waals surface area contributed by atoms with E-state index >= 15 is 0 Å². The summed E-state index contributed by atoms with van der Waals surface area (Å²) in [4.78, 5) is 11.2. The summed E-state index contributed by atoms with van der Waals surface area (Å²) in [6.45, 7) is 3.60. The monoisotopic (exact) mass is 411 g/mol. The van der Waals surface area contributed by atoms with Gasteiger partial charge in [0.2, 0.25) is 10.0 Å².